The van der Waals surface area contributed by atoms with Crippen LogP contribution in [0.4, 0.5) is 5.69 Å². The summed E-state index contributed by atoms with van der Waals surface area (Å²) in [5.74, 6) is -0.372. The Bertz CT molecular complexity index is 879. The molecule has 1 atom stereocenters. The van der Waals surface area contributed by atoms with E-state index in [4.69, 9.17) is 18.6 Å². The Morgan fingerprint density at radius 3 is 2.72 bits per heavy atom. The number of esters is 1. The van der Waals surface area contributed by atoms with Crippen LogP contribution in [0.3, 0.4) is 0 Å². The molecule has 2 amide bonds. The third kappa shape index (κ3) is 4.68. The van der Waals surface area contributed by atoms with Crippen molar-refractivity contribution in [2.24, 2.45) is 0 Å². The maximum atomic E-state index is 12.4. The van der Waals surface area contributed by atoms with Gasteiger partial charge in [0.2, 0.25) is 0 Å². The van der Waals surface area contributed by atoms with Crippen molar-refractivity contribution >= 4 is 23.5 Å². The van der Waals surface area contributed by atoms with Gasteiger partial charge in [0.05, 0.1) is 26.2 Å². The summed E-state index contributed by atoms with van der Waals surface area (Å²) in [6, 6.07) is 7.32. The molecule has 0 bridgehead atoms. The highest BCUT2D eigenvalue weighted by Gasteiger charge is 2.36. The second kappa shape index (κ2) is 9.13. The summed E-state index contributed by atoms with van der Waals surface area (Å²) in [6.45, 7) is -0.0537. The number of rotatable bonds is 7. The van der Waals surface area contributed by atoms with Gasteiger partial charge in [-0.3, -0.25) is 9.59 Å². The van der Waals surface area contributed by atoms with Crippen LogP contribution in [-0.2, 0) is 14.3 Å². The van der Waals surface area contributed by atoms with Crippen LogP contribution in [0, 0.1) is 0 Å². The van der Waals surface area contributed by atoms with Gasteiger partial charge in [-0.15, -0.1) is 0 Å². The summed E-state index contributed by atoms with van der Waals surface area (Å²) >= 11 is 0. The molecular formula is C20H22N2O7. The quantitative estimate of drug-likeness (QED) is 0.707. The number of benzene rings is 1. The highest BCUT2D eigenvalue weighted by atomic mass is 16.5. The zero-order chi connectivity index (χ0) is 20.8. The van der Waals surface area contributed by atoms with Crippen molar-refractivity contribution in [3.63, 3.8) is 0 Å². The van der Waals surface area contributed by atoms with E-state index in [1.807, 2.05) is 0 Å². The topological polar surface area (TPSA) is 107 Å². The Balaban J connectivity index is 1.56. The number of anilines is 1. The van der Waals surface area contributed by atoms with Crippen molar-refractivity contribution in [3.05, 3.63) is 42.4 Å². The smallest absolute Gasteiger partial charge is 0.329 e. The number of hydrogen-bond donors (Lipinski definition) is 1. The first-order valence-corrected chi connectivity index (χ1v) is 9.06. The monoisotopic (exact) mass is 402 g/mol. The molecule has 1 saturated heterocycles. The zero-order valence-electron chi connectivity index (χ0n) is 16.2. The van der Waals surface area contributed by atoms with Gasteiger partial charge >= 0.3 is 5.97 Å². The first-order chi connectivity index (χ1) is 14.0. The molecule has 1 aromatic carbocycles. The molecule has 0 radical (unpaired) electrons. The number of carbonyl (C=O) groups is 3. The summed E-state index contributed by atoms with van der Waals surface area (Å²) < 4.78 is 20.6. The number of nitrogens with zero attached hydrogens (tertiary/aromatic N) is 1. The molecule has 2 aromatic rings. The molecule has 0 aliphatic carbocycles. The lowest BCUT2D eigenvalue weighted by Crippen LogP contribution is -2.42. The number of hydrogen-bond acceptors (Lipinski definition) is 7. The van der Waals surface area contributed by atoms with E-state index in [2.05, 4.69) is 5.32 Å². The van der Waals surface area contributed by atoms with E-state index in [1.165, 1.54) is 25.4 Å². The fourth-order valence-corrected chi connectivity index (χ4v) is 3.12. The number of likely N-dealkylation sites (tertiary alicyclic amines) is 1. The minimum atomic E-state index is -0.740. The van der Waals surface area contributed by atoms with Crippen molar-refractivity contribution in [3.8, 4) is 11.5 Å². The van der Waals surface area contributed by atoms with Gasteiger partial charge in [0.25, 0.3) is 11.8 Å². The highest BCUT2D eigenvalue weighted by molar-refractivity contribution is 5.96. The van der Waals surface area contributed by atoms with Crippen molar-refractivity contribution in [2.75, 3.05) is 32.7 Å². The van der Waals surface area contributed by atoms with Crippen molar-refractivity contribution in [1.29, 1.82) is 0 Å². The number of ether oxygens (including phenoxy) is 3. The lowest BCUT2D eigenvalue weighted by molar-refractivity contribution is -0.151. The Kier molecular flexibility index (Phi) is 6.38. The number of furan rings is 1. The Labute approximate surface area is 167 Å². The van der Waals surface area contributed by atoms with Crippen LogP contribution in [0.2, 0.25) is 0 Å². The maximum absolute atomic E-state index is 12.4. The predicted molar refractivity (Wildman–Crippen MR) is 102 cm³/mol. The summed E-state index contributed by atoms with van der Waals surface area (Å²) in [7, 11) is 2.99. The van der Waals surface area contributed by atoms with E-state index in [9.17, 15) is 14.4 Å². The van der Waals surface area contributed by atoms with Crippen LogP contribution >= 0.6 is 0 Å². The van der Waals surface area contributed by atoms with E-state index >= 15 is 0 Å². The van der Waals surface area contributed by atoms with E-state index in [-0.39, 0.29) is 11.7 Å². The molecule has 0 saturated carbocycles. The average molecular weight is 402 g/mol. The second-order valence-corrected chi connectivity index (χ2v) is 6.36. The lowest BCUT2D eigenvalue weighted by Gasteiger charge is -2.22. The van der Waals surface area contributed by atoms with Gasteiger partial charge in [0.1, 0.15) is 17.5 Å². The standard InChI is InChI=1S/C20H22N2O7/c1-26-13-7-8-14(17(11-13)27-2)21-18(23)12-29-20(25)15-5-3-9-22(15)19(24)16-6-4-10-28-16/h4,6-8,10-11,15H,3,5,9,12H2,1-2H3,(H,21,23). The van der Waals surface area contributed by atoms with E-state index < -0.39 is 24.5 Å². The fraction of sp³-hybridized carbons (Fsp3) is 0.350. The molecule has 154 valence electrons. The zero-order valence-corrected chi connectivity index (χ0v) is 16.2. The SMILES string of the molecule is COc1ccc(NC(=O)COC(=O)C2CCCN2C(=O)c2ccco2)c(OC)c1. The van der Waals surface area contributed by atoms with Crippen LogP contribution in [0.15, 0.2) is 41.0 Å². The summed E-state index contributed by atoms with van der Waals surface area (Å²) in [4.78, 5) is 38.5. The first kappa shape index (κ1) is 20.2. The molecule has 1 aromatic heterocycles. The van der Waals surface area contributed by atoms with Gasteiger partial charge in [0, 0.05) is 12.6 Å². The molecule has 1 aliphatic heterocycles. The molecule has 2 heterocycles. The normalized spacial score (nSPS) is 15.7. The van der Waals surface area contributed by atoms with Crippen LogP contribution in [-0.4, -0.2) is 56.1 Å². The maximum Gasteiger partial charge on any atom is 0.329 e. The Hall–Kier alpha value is -3.49. The highest BCUT2D eigenvalue weighted by Crippen LogP contribution is 2.29. The minimum absolute atomic E-state index is 0.161. The third-order valence-electron chi connectivity index (χ3n) is 4.55. The first-order valence-electron chi connectivity index (χ1n) is 9.06. The fourth-order valence-electron chi connectivity index (χ4n) is 3.12. The van der Waals surface area contributed by atoms with Crippen LogP contribution in [0.1, 0.15) is 23.4 Å². The van der Waals surface area contributed by atoms with E-state index in [0.29, 0.717) is 36.6 Å². The Morgan fingerprint density at radius 1 is 1.21 bits per heavy atom. The van der Waals surface area contributed by atoms with Crippen molar-refractivity contribution in [2.45, 2.75) is 18.9 Å². The molecule has 29 heavy (non-hydrogen) atoms. The van der Waals surface area contributed by atoms with Crippen molar-refractivity contribution < 1.29 is 33.0 Å². The van der Waals surface area contributed by atoms with Crippen molar-refractivity contribution in [1.82, 2.24) is 4.90 Å². The number of carbonyl (C=O) groups excluding carboxylic acids is 3. The number of methoxy groups -OCH3 is 2. The van der Waals surface area contributed by atoms with Gasteiger partial charge < -0.3 is 28.8 Å². The largest absolute Gasteiger partial charge is 0.497 e. The predicted octanol–water partition coefficient (Wildman–Crippen LogP) is 2.08. The Morgan fingerprint density at radius 2 is 2.03 bits per heavy atom. The molecule has 1 aliphatic rings. The van der Waals surface area contributed by atoms with E-state index in [1.54, 1.807) is 30.3 Å². The van der Waals surface area contributed by atoms with Crippen LogP contribution in [0.25, 0.3) is 0 Å². The van der Waals surface area contributed by atoms with Gasteiger partial charge in [-0.25, -0.2) is 4.79 Å². The summed E-state index contributed by atoms with van der Waals surface area (Å²) in [6.07, 6.45) is 2.54. The van der Waals surface area contributed by atoms with Gasteiger partial charge in [-0.05, 0) is 37.1 Å². The number of nitrogens with one attached hydrogen (secondary N) is 1. The molecule has 1 fully saturated rings. The van der Waals surface area contributed by atoms with Crippen LogP contribution in [0.5, 0.6) is 11.5 Å². The van der Waals surface area contributed by atoms with Gasteiger partial charge in [0.15, 0.2) is 12.4 Å². The minimum Gasteiger partial charge on any atom is -0.497 e. The van der Waals surface area contributed by atoms with E-state index in [0.717, 1.165) is 0 Å². The third-order valence-corrected chi connectivity index (χ3v) is 4.55. The summed E-state index contributed by atoms with van der Waals surface area (Å²) in [5, 5.41) is 2.62. The lowest BCUT2D eigenvalue weighted by atomic mass is 10.2. The van der Waals surface area contributed by atoms with Crippen LogP contribution < -0.4 is 14.8 Å². The molecular weight excluding hydrogens is 380 g/mol. The molecule has 1 unspecified atom stereocenters. The molecule has 1 N–H and O–H groups in total. The second-order valence-electron chi connectivity index (χ2n) is 6.36. The molecule has 9 nitrogen and oxygen atoms in total. The molecule has 3 rings (SSSR count). The molecule has 0 spiro atoms. The number of amides is 2. The van der Waals surface area contributed by atoms with Gasteiger partial charge in [-0.1, -0.05) is 0 Å². The average Bonchev–Trinajstić information content (AvgIpc) is 3.44. The summed E-state index contributed by atoms with van der Waals surface area (Å²) in [5.41, 5.74) is 0.421. The molecule has 9 heteroatoms. The van der Waals surface area contributed by atoms with Gasteiger partial charge in [-0.2, -0.15) is 0 Å².